The number of hydrazone groups is 1. The highest BCUT2D eigenvalue weighted by molar-refractivity contribution is 6.16. The standard InChI is InChI=1S/C30H31FN6O3/c1-2-6-25-23(29(40)36(30-32-17-33-37(25)30)20-10-12-21(38)13-11-20)15-19-9-14-22(18-7-4-3-5-8-18)27(28(19)31)24-16-26(39)35-34-24/h3-5,7-9,14,17,20-21,38H,2,6,10-13,15-16H2,1H3,(H,35,39). The Balaban J connectivity index is 1.51. The van der Waals surface area contributed by atoms with Crippen LogP contribution in [-0.4, -0.2) is 42.0 Å². The van der Waals surface area contributed by atoms with E-state index in [1.807, 2.05) is 43.3 Å². The molecule has 2 aliphatic rings. The van der Waals surface area contributed by atoms with E-state index >= 15 is 4.39 Å². The third kappa shape index (κ3) is 4.62. The maximum absolute atomic E-state index is 16.5. The molecule has 1 saturated carbocycles. The zero-order valence-electron chi connectivity index (χ0n) is 22.3. The molecule has 0 unspecified atom stereocenters. The monoisotopic (exact) mass is 542 g/mol. The van der Waals surface area contributed by atoms with Gasteiger partial charge >= 0.3 is 0 Å². The van der Waals surface area contributed by atoms with E-state index in [-0.39, 0.29) is 42.0 Å². The molecule has 9 nitrogen and oxygen atoms in total. The zero-order chi connectivity index (χ0) is 27.8. The summed E-state index contributed by atoms with van der Waals surface area (Å²) in [6.45, 7) is 2.02. The number of rotatable bonds is 7. The number of carbonyl (C=O) groups is 1. The Morgan fingerprint density at radius 2 is 1.85 bits per heavy atom. The first-order chi connectivity index (χ1) is 19.5. The fraction of sp³-hybridized carbons (Fsp3) is 0.367. The molecule has 1 amide bonds. The molecule has 0 saturated heterocycles. The first kappa shape index (κ1) is 26.1. The van der Waals surface area contributed by atoms with Crippen LogP contribution in [0.4, 0.5) is 4.39 Å². The third-order valence-corrected chi connectivity index (χ3v) is 7.95. The Bertz CT molecular complexity index is 1670. The van der Waals surface area contributed by atoms with Gasteiger partial charge in [0.15, 0.2) is 0 Å². The number of carbonyl (C=O) groups excluding carboxylic acids is 1. The van der Waals surface area contributed by atoms with Crippen LogP contribution in [0, 0.1) is 5.82 Å². The Kier molecular flexibility index (Phi) is 7.02. The lowest BCUT2D eigenvalue weighted by Gasteiger charge is -2.28. The van der Waals surface area contributed by atoms with E-state index in [1.165, 1.54) is 6.33 Å². The maximum Gasteiger partial charge on any atom is 0.259 e. The van der Waals surface area contributed by atoms with Gasteiger partial charge in [-0.15, -0.1) is 0 Å². The molecule has 1 aliphatic heterocycles. The molecular formula is C30H31FN6O3. The van der Waals surface area contributed by atoms with Gasteiger partial charge in [-0.3, -0.25) is 14.2 Å². The fourth-order valence-electron chi connectivity index (χ4n) is 5.99. The lowest BCUT2D eigenvalue weighted by atomic mass is 9.90. The number of nitrogens with one attached hydrogen (secondary N) is 1. The number of aryl methyl sites for hydroxylation is 1. The smallest absolute Gasteiger partial charge is 0.259 e. The molecule has 2 aromatic carbocycles. The summed E-state index contributed by atoms with van der Waals surface area (Å²) >= 11 is 0. The molecule has 4 aromatic rings. The average Bonchev–Trinajstić information content (AvgIpc) is 3.62. The summed E-state index contributed by atoms with van der Waals surface area (Å²) in [7, 11) is 0. The second-order valence-corrected chi connectivity index (χ2v) is 10.6. The Hall–Kier alpha value is -4.18. The van der Waals surface area contributed by atoms with E-state index < -0.39 is 5.82 Å². The van der Waals surface area contributed by atoms with Crippen LogP contribution in [0.25, 0.3) is 16.9 Å². The summed E-state index contributed by atoms with van der Waals surface area (Å²) in [5, 5.41) is 18.6. The van der Waals surface area contributed by atoms with Gasteiger partial charge in [0.2, 0.25) is 11.7 Å². The summed E-state index contributed by atoms with van der Waals surface area (Å²) in [6, 6.07) is 12.9. The van der Waals surface area contributed by atoms with E-state index in [0.717, 1.165) is 17.7 Å². The largest absolute Gasteiger partial charge is 0.393 e. The van der Waals surface area contributed by atoms with Crippen LogP contribution in [0.15, 0.2) is 58.7 Å². The van der Waals surface area contributed by atoms with Crippen molar-refractivity contribution in [2.24, 2.45) is 5.10 Å². The van der Waals surface area contributed by atoms with Crippen LogP contribution < -0.4 is 11.0 Å². The van der Waals surface area contributed by atoms with Crippen LogP contribution in [0.2, 0.25) is 0 Å². The highest BCUT2D eigenvalue weighted by Crippen LogP contribution is 2.32. The topological polar surface area (TPSA) is 114 Å². The molecule has 3 heterocycles. The molecule has 1 fully saturated rings. The number of hydrogen-bond acceptors (Lipinski definition) is 6. The normalized spacial score (nSPS) is 19.2. The number of aromatic nitrogens is 4. The number of amides is 1. The number of halogens is 1. The molecule has 10 heteroatoms. The molecule has 206 valence electrons. The number of aliphatic hydroxyl groups is 1. The molecule has 0 spiro atoms. The second kappa shape index (κ2) is 10.8. The molecular weight excluding hydrogens is 511 g/mol. The first-order valence-corrected chi connectivity index (χ1v) is 13.8. The minimum absolute atomic E-state index is 0.0213. The van der Waals surface area contributed by atoms with Gasteiger partial charge < -0.3 is 5.11 Å². The van der Waals surface area contributed by atoms with E-state index in [4.69, 9.17) is 0 Å². The van der Waals surface area contributed by atoms with Crippen molar-refractivity contribution in [2.75, 3.05) is 0 Å². The Morgan fingerprint density at radius 3 is 2.55 bits per heavy atom. The summed E-state index contributed by atoms with van der Waals surface area (Å²) < 4.78 is 19.9. The van der Waals surface area contributed by atoms with Crippen molar-refractivity contribution in [3.8, 4) is 11.1 Å². The van der Waals surface area contributed by atoms with Gasteiger partial charge in [-0.1, -0.05) is 55.8 Å². The number of hydrogen-bond donors (Lipinski definition) is 2. The number of fused-ring (bicyclic) bond motifs is 1. The quantitative estimate of drug-likeness (QED) is 0.367. The molecule has 2 N–H and O–H groups in total. The van der Waals surface area contributed by atoms with Crippen LogP contribution in [0.1, 0.15) is 73.9 Å². The molecule has 1 aliphatic carbocycles. The van der Waals surface area contributed by atoms with E-state index in [9.17, 15) is 14.7 Å². The number of benzene rings is 2. The van der Waals surface area contributed by atoms with E-state index in [1.54, 1.807) is 15.1 Å². The highest BCUT2D eigenvalue weighted by Gasteiger charge is 2.29. The maximum atomic E-state index is 16.5. The molecule has 0 radical (unpaired) electrons. The zero-order valence-corrected chi connectivity index (χ0v) is 22.3. The summed E-state index contributed by atoms with van der Waals surface area (Å²) in [4.78, 5) is 30.6. The van der Waals surface area contributed by atoms with Gasteiger partial charge in [0.05, 0.1) is 23.9 Å². The molecule has 2 aromatic heterocycles. The summed E-state index contributed by atoms with van der Waals surface area (Å²) in [5.74, 6) is -0.310. The van der Waals surface area contributed by atoms with E-state index in [2.05, 4.69) is 20.6 Å². The van der Waals surface area contributed by atoms with Crippen molar-refractivity contribution < 1.29 is 14.3 Å². The van der Waals surface area contributed by atoms with Gasteiger partial charge in [-0.2, -0.15) is 15.2 Å². The van der Waals surface area contributed by atoms with Crippen molar-refractivity contribution in [1.29, 1.82) is 0 Å². The van der Waals surface area contributed by atoms with Crippen molar-refractivity contribution in [1.82, 2.24) is 24.6 Å². The number of aliphatic hydroxyl groups excluding tert-OH is 1. The van der Waals surface area contributed by atoms with Gasteiger partial charge in [0.1, 0.15) is 12.1 Å². The lowest BCUT2D eigenvalue weighted by Crippen LogP contribution is -2.34. The van der Waals surface area contributed by atoms with E-state index in [0.29, 0.717) is 60.3 Å². The summed E-state index contributed by atoms with van der Waals surface area (Å²) in [5.41, 5.74) is 5.82. The highest BCUT2D eigenvalue weighted by atomic mass is 19.1. The van der Waals surface area contributed by atoms with Crippen LogP contribution in [-0.2, 0) is 17.6 Å². The predicted molar refractivity (Wildman–Crippen MR) is 149 cm³/mol. The van der Waals surface area contributed by atoms with Crippen molar-refractivity contribution in [2.45, 2.75) is 70.4 Å². The third-order valence-electron chi connectivity index (χ3n) is 7.95. The molecule has 40 heavy (non-hydrogen) atoms. The SMILES string of the molecule is CCCc1c(Cc2ccc(-c3ccccc3)c(C3=NNC(=O)C3)c2F)c(=O)n(C2CCC(O)CC2)c2ncnn12. The fourth-order valence-corrected chi connectivity index (χ4v) is 5.99. The van der Waals surface area contributed by atoms with Crippen LogP contribution in [0.3, 0.4) is 0 Å². The predicted octanol–water partition coefficient (Wildman–Crippen LogP) is 3.94. The molecule has 0 bridgehead atoms. The first-order valence-electron chi connectivity index (χ1n) is 13.8. The van der Waals surface area contributed by atoms with Crippen LogP contribution >= 0.6 is 0 Å². The van der Waals surface area contributed by atoms with Crippen molar-refractivity contribution in [3.05, 3.63) is 87.3 Å². The minimum atomic E-state index is -0.496. The Morgan fingerprint density at radius 1 is 1.07 bits per heavy atom. The van der Waals surface area contributed by atoms with Gasteiger partial charge in [-0.25, -0.2) is 14.3 Å². The Labute approximate surface area is 230 Å². The summed E-state index contributed by atoms with van der Waals surface area (Å²) in [6.07, 6.45) is 4.99. The van der Waals surface area contributed by atoms with Gasteiger partial charge in [0, 0.05) is 23.6 Å². The van der Waals surface area contributed by atoms with Gasteiger partial charge in [0.25, 0.3) is 5.56 Å². The minimum Gasteiger partial charge on any atom is -0.393 e. The lowest BCUT2D eigenvalue weighted by molar-refractivity contribution is -0.119. The molecule has 0 atom stereocenters. The second-order valence-electron chi connectivity index (χ2n) is 10.6. The van der Waals surface area contributed by atoms with Crippen molar-refractivity contribution >= 4 is 17.4 Å². The van der Waals surface area contributed by atoms with Gasteiger partial charge in [-0.05, 0) is 48.8 Å². The van der Waals surface area contributed by atoms with Crippen LogP contribution in [0.5, 0.6) is 0 Å². The van der Waals surface area contributed by atoms with Crippen molar-refractivity contribution in [3.63, 3.8) is 0 Å². The molecule has 6 rings (SSSR count). The number of nitrogens with zero attached hydrogens (tertiary/aromatic N) is 5. The average molecular weight is 543 g/mol.